The average molecular weight is 263 g/mol. The van der Waals surface area contributed by atoms with E-state index in [1.165, 1.54) is 11.2 Å². The van der Waals surface area contributed by atoms with E-state index in [1.54, 1.807) is 11.3 Å². The van der Waals surface area contributed by atoms with Crippen molar-refractivity contribution in [1.29, 1.82) is 0 Å². The van der Waals surface area contributed by atoms with Gasteiger partial charge in [0.2, 0.25) is 0 Å². The molecule has 0 spiro atoms. The zero-order valence-electron chi connectivity index (χ0n) is 11.0. The highest BCUT2D eigenvalue weighted by Gasteiger charge is 2.39. The molecule has 0 saturated heterocycles. The Hall–Kier alpha value is -1.20. The van der Waals surface area contributed by atoms with Crippen molar-refractivity contribution in [2.45, 2.75) is 45.2 Å². The number of fused-ring (bicyclic) bond motifs is 3. The van der Waals surface area contributed by atoms with Gasteiger partial charge in [-0.15, -0.1) is 11.3 Å². The lowest BCUT2D eigenvalue weighted by atomic mass is 9.82. The van der Waals surface area contributed by atoms with E-state index in [0.29, 0.717) is 0 Å². The Morgan fingerprint density at radius 1 is 1.33 bits per heavy atom. The Morgan fingerprint density at radius 2 is 2.06 bits per heavy atom. The Kier molecular flexibility index (Phi) is 2.26. The maximum Gasteiger partial charge on any atom is 0.259 e. The average Bonchev–Trinajstić information content (AvgIpc) is 2.56. The lowest BCUT2D eigenvalue weighted by molar-refractivity contribution is 0.248. The summed E-state index contributed by atoms with van der Waals surface area (Å²) in [5.41, 5.74) is 1.02. The van der Waals surface area contributed by atoms with E-state index in [9.17, 15) is 4.79 Å². The third-order valence-electron chi connectivity index (χ3n) is 3.43. The van der Waals surface area contributed by atoms with Gasteiger partial charge >= 0.3 is 0 Å². The van der Waals surface area contributed by atoms with Gasteiger partial charge in [0.05, 0.1) is 11.7 Å². The van der Waals surface area contributed by atoms with E-state index in [1.807, 2.05) is 0 Å². The summed E-state index contributed by atoms with van der Waals surface area (Å²) in [5, 5.41) is 4.42. The number of hydrogen-bond acceptors (Lipinski definition) is 4. The summed E-state index contributed by atoms with van der Waals surface area (Å²) in [6.45, 7) is 8.67. The molecule has 0 fully saturated rings. The Morgan fingerprint density at radius 3 is 2.78 bits per heavy atom. The summed E-state index contributed by atoms with van der Waals surface area (Å²) in [6.07, 6.45) is 2.35. The Balaban J connectivity index is 2.39. The molecule has 2 N–H and O–H groups in total. The minimum atomic E-state index is -0.116. The highest BCUT2D eigenvalue weighted by atomic mass is 32.1. The first-order valence-corrected chi connectivity index (χ1v) is 6.91. The van der Waals surface area contributed by atoms with Crippen LogP contribution >= 0.6 is 11.3 Å². The molecule has 4 nitrogen and oxygen atoms in total. The van der Waals surface area contributed by atoms with Crippen LogP contribution in [0.2, 0.25) is 0 Å². The minimum Gasteiger partial charge on any atom is -0.313 e. The van der Waals surface area contributed by atoms with Gasteiger partial charge in [-0.3, -0.25) is 4.79 Å². The highest BCUT2D eigenvalue weighted by molar-refractivity contribution is 7.19. The lowest BCUT2D eigenvalue weighted by Crippen LogP contribution is -2.54. The van der Waals surface area contributed by atoms with Crippen molar-refractivity contribution >= 4 is 21.6 Å². The number of H-pyrrole nitrogens is 1. The zero-order chi connectivity index (χ0) is 13.1. The molecule has 0 aromatic carbocycles. The number of nitrogens with zero attached hydrogens (tertiary/aromatic N) is 1. The van der Waals surface area contributed by atoms with Gasteiger partial charge in [-0.1, -0.05) is 0 Å². The van der Waals surface area contributed by atoms with E-state index in [-0.39, 0.29) is 16.6 Å². The first-order chi connectivity index (χ1) is 8.30. The molecule has 0 unspecified atom stereocenters. The maximum absolute atomic E-state index is 12.0. The Labute approximate surface area is 109 Å². The van der Waals surface area contributed by atoms with Crippen LogP contribution in [0.25, 0.3) is 10.2 Å². The van der Waals surface area contributed by atoms with E-state index in [2.05, 4.69) is 43.0 Å². The number of rotatable bonds is 0. The van der Waals surface area contributed by atoms with Gasteiger partial charge in [-0.25, -0.2) is 4.98 Å². The van der Waals surface area contributed by atoms with E-state index >= 15 is 0 Å². The zero-order valence-corrected chi connectivity index (χ0v) is 11.9. The van der Waals surface area contributed by atoms with Gasteiger partial charge in [0.15, 0.2) is 0 Å². The van der Waals surface area contributed by atoms with Gasteiger partial charge in [-0.2, -0.15) is 0 Å². The van der Waals surface area contributed by atoms with Crippen LogP contribution < -0.4 is 10.9 Å². The number of aromatic nitrogens is 2. The Bertz CT molecular complexity index is 681. The molecule has 0 radical (unpaired) electrons. The van der Waals surface area contributed by atoms with Crippen molar-refractivity contribution in [3.05, 3.63) is 27.1 Å². The third kappa shape index (κ3) is 1.61. The third-order valence-corrected chi connectivity index (χ3v) is 4.89. The second kappa shape index (κ2) is 3.42. The molecule has 3 rings (SSSR count). The fourth-order valence-corrected chi connectivity index (χ4v) is 4.28. The number of aromatic amines is 1. The second-order valence-corrected chi connectivity index (χ2v) is 7.13. The van der Waals surface area contributed by atoms with Crippen LogP contribution in [0.5, 0.6) is 0 Å². The molecule has 0 saturated carbocycles. The molecular formula is C13H17N3OS. The maximum atomic E-state index is 12.0. The first-order valence-electron chi connectivity index (χ1n) is 6.09. The van der Waals surface area contributed by atoms with E-state index < -0.39 is 0 Å². The summed E-state index contributed by atoms with van der Waals surface area (Å²) in [6, 6.07) is 0. The summed E-state index contributed by atoms with van der Waals surface area (Å²) < 4.78 is 0. The van der Waals surface area contributed by atoms with Gasteiger partial charge in [0, 0.05) is 16.0 Å². The van der Waals surface area contributed by atoms with Crippen molar-refractivity contribution in [1.82, 2.24) is 15.3 Å². The van der Waals surface area contributed by atoms with Crippen molar-refractivity contribution in [3.63, 3.8) is 0 Å². The predicted molar refractivity (Wildman–Crippen MR) is 74.2 cm³/mol. The molecule has 96 valence electrons. The summed E-state index contributed by atoms with van der Waals surface area (Å²) in [7, 11) is 0. The largest absolute Gasteiger partial charge is 0.313 e. The molecular weight excluding hydrogens is 246 g/mol. The minimum absolute atomic E-state index is 0.00716. The molecule has 1 aliphatic heterocycles. The monoisotopic (exact) mass is 263 g/mol. The van der Waals surface area contributed by atoms with Crippen molar-refractivity contribution in [2.75, 3.05) is 0 Å². The molecule has 2 aromatic heterocycles. The van der Waals surface area contributed by atoms with Crippen molar-refractivity contribution in [2.24, 2.45) is 0 Å². The highest BCUT2D eigenvalue weighted by Crippen LogP contribution is 2.41. The van der Waals surface area contributed by atoms with Crippen LogP contribution in [0, 0.1) is 0 Å². The van der Waals surface area contributed by atoms with Crippen molar-refractivity contribution < 1.29 is 0 Å². The van der Waals surface area contributed by atoms with Crippen LogP contribution in [0.4, 0.5) is 0 Å². The van der Waals surface area contributed by atoms with E-state index in [0.717, 1.165) is 22.2 Å². The molecule has 5 heteroatoms. The molecule has 3 heterocycles. The molecule has 0 bridgehead atoms. The molecule has 0 amide bonds. The normalized spacial score (nSPS) is 20.9. The van der Waals surface area contributed by atoms with Gasteiger partial charge in [0.25, 0.3) is 5.56 Å². The molecule has 18 heavy (non-hydrogen) atoms. The number of nitrogens with one attached hydrogen (secondary N) is 2. The lowest BCUT2D eigenvalue weighted by Gasteiger charge is -2.42. The topological polar surface area (TPSA) is 57.8 Å². The van der Waals surface area contributed by atoms with Gasteiger partial charge in [-0.05, 0) is 39.7 Å². The summed E-state index contributed by atoms with van der Waals surface area (Å²) in [5.74, 6) is 0. The van der Waals surface area contributed by atoms with Gasteiger partial charge < -0.3 is 10.3 Å². The predicted octanol–water partition coefficient (Wildman–Crippen LogP) is 2.14. The standard InChI is InChI=1S/C13H17N3OS/c1-12(2)5-7-8-10(17)14-6-15-11(8)18-9(7)13(3,4)16-12/h6,16H,5H2,1-4H3,(H,14,15,17). The molecule has 0 atom stereocenters. The summed E-state index contributed by atoms with van der Waals surface area (Å²) in [4.78, 5) is 21.1. The van der Waals surface area contributed by atoms with Gasteiger partial charge in [0.1, 0.15) is 4.83 Å². The second-order valence-electron chi connectivity index (χ2n) is 6.13. The summed E-state index contributed by atoms with van der Waals surface area (Å²) >= 11 is 1.63. The van der Waals surface area contributed by atoms with E-state index in [4.69, 9.17) is 0 Å². The van der Waals surface area contributed by atoms with Crippen LogP contribution in [0.3, 0.4) is 0 Å². The van der Waals surface area contributed by atoms with Crippen LogP contribution in [-0.2, 0) is 12.0 Å². The smallest absolute Gasteiger partial charge is 0.259 e. The quantitative estimate of drug-likeness (QED) is 0.765. The molecule has 1 aliphatic rings. The fraction of sp³-hybridized carbons (Fsp3) is 0.538. The molecule has 2 aromatic rings. The number of hydrogen-bond donors (Lipinski definition) is 2. The number of thiophene rings is 1. The molecule has 0 aliphatic carbocycles. The van der Waals surface area contributed by atoms with Crippen molar-refractivity contribution in [3.8, 4) is 0 Å². The van der Waals surface area contributed by atoms with Crippen LogP contribution in [-0.4, -0.2) is 15.5 Å². The first kappa shape index (κ1) is 11.9. The SMILES string of the molecule is CC1(C)Cc2c(sc3nc[nH]c(=O)c23)C(C)(C)N1. The van der Waals surface area contributed by atoms with Crippen LogP contribution in [0.15, 0.2) is 11.1 Å². The van der Waals surface area contributed by atoms with Crippen LogP contribution in [0.1, 0.15) is 38.1 Å². The fourth-order valence-electron chi connectivity index (χ4n) is 3.06.